The van der Waals surface area contributed by atoms with Crippen LogP contribution in [0, 0.1) is 0 Å². The lowest BCUT2D eigenvalue weighted by atomic mass is 9.73. The smallest absolute Gasteiger partial charge is 0.196 e. The molecule has 3 nitrogen and oxygen atoms in total. The van der Waals surface area contributed by atoms with Gasteiger partial charge in [0.15, 0.2) is 5.43 Å². The quantitative estimate of drug-likeness (QED) is 0.253. The maximum atomic E-state index is 13.0. The first-order chi connectivity index (χ1) is 18.0. The Bertz CT molecular complexity index is 1680. The molecule has 0 spiro atoms. The molecule has 0 unspecified atom stereocenters. The van der Waals surface area contributed by atoms with E-state index in [1.807, 2.05) is 18.2 Å². The first kappa shape index (κ1) is 22.1. The number of benzene rings is 4. The highest BCUT2D eigenvalue weighted by atomic mass is 16.3. The first-order valence-electron chi connectivity index (χ1n) is 13.2. The monoisotopic (exact) mass is 483 g/mol. The van der Waals surface area contributed by atoms with Crippen molar-refractivity contribution in [1.82, 2.24) is 0 Å². The van der Waals surface area contributed by atoms with Gasteiger partial charge >= 0.3 is 0 Å². The zero-order chi connectivity index (χ0) is 25.1. The molecule has 0 saturated heterocycles. The van der Waals surface area contributed by atoms with Crippen LogP contribution in [0.3, 0.4) is 0 Å². The predicted octanol–water partition coefficient (Wildman–Crippen LogP) is 8.45. The number of fused-ring (bicyclic) bond motifs is 4. The van der Waals surface area contributed by atoms with Crippen molar-refractivity contribution in [2.45, 2.75) is 44.9 Å². The lowest BCUT2D eigenvalue weighted by Gasteiger charge is -2.42. The van der Waals surface area contributed by atoms with Crippen molar-refractivity contribution in [2.75, 3.05) is 4.90 Å². The van der Waals surface area contributed by atoms with Crippen molar-refractivity contribution in [3.63, 3.8) is 0 Å². The van der Waals surface area contributed by atoms with E-state index in [4.69, 9.17) is 4.42 Å². The third kappa shape index (κ3) is 3.37. The third-order valence-electron chi connectivity index (χ3n) is 8.25. The minimum atomic E-state index is -0.0716. The van der Waals surface area contributed by atoms with Crippen LogP contribution in [0.25, 0.3) is 22.1 Å². The van der Waals surface area contributed by atoms with Gasteiger partial charge in [0.05, 0.1) is 16.8 Å². The second-order valence-electron chi connectivity index (χ2n) is 10.8. The molecule has 7 rings (SSSR count). The Morgan fingerprint density at radius 3 is 2.05 bits per heavy atom. The predicted molar refractivity (Wildman–Crippen MR) is 151 cm³/mol. The molecular formula is C34H29NO2. The van der Waals surface area contributed by atoms with E-state index in [0.29, 0.717) is 11.0 Å². The van der Waals surface area contributed by atoms with Crippen molar-refractivity contribution < 1.29 is 4.42 Å². The van der Waals surface area contributed by atoms with E-state index >= 15 is 0 Å². The van der Waals surface area contributed by atoms with Crippen molar-refractivity contribution in [2.24, 2.45) is 0 Å². The topological polar surface area (TPSA) is 33.5 Å². The lowest BCUT2D eigenvalue weighted by molar-refractivity contribution is 0.487. The maximum Gasteiger partial charge on any atom is 0.196 e. The molecule has 0 radical (unpaired) electrons. The maximum absolute atomic E-state index is 13.0. The van der Waals surface area contributed by atoms with Gasteiger partial charge in [0, 0.05) is 23.1 Å². The summed E-state index contributed by atoms with van der Waals surface area (Å²) in [7, 11) is 0. The van der Waals surface area contributed by atoms with Crippen LogP contribution in [0.2, 0.25) is 0 Å². The molecule has 1 aliphatic carbocycles. The average Bonchev–Trinajstić information content (AvgIpc) is 2.94. The normalized spacial score (nSPS) is 15.7. The molecule has 2 heterocycles. The van der Waals surface area contributed by atoms with Crippen LogP contribution in [0.1, 0.15) is 49.1 Å². The number of para-hydroxylation sites is 2. The van der Waals surface area contributed by atoms with E-state index in [1.165, 1.54) is 22.5 Å². The molecule has 182 valence electrons. The molecule has 1 aliphatic heterocycles. The van der Waals surface area contributed by atoms with Crippen LogP contribution < -0.4 is 10.3 Å². The molecule has 0 saturated carbocycles. The van der Waals surface area contributed by atoms with Gasteiger partial charge in [-0.05, 0) is 77.9 Å². The molecule has 1 aromatic heterocycles. The molecule has 3 heteroatoms. The van der Waals surface area contributed by atoms with Gasteiger partial charge in [-0.2, -0.15) is 0 Å². The second-order valence-corrected chi connectivity index (χ2v) is 10.8. The van der Waals surface area contributed by atoms with E-state index in [0.717, 1.165) is 53.8 Å². The lowest BCUT2D eigenvalue weighted by Crippen LogP contribution is -2.30. The van der Waals surface area contributed by atoms with Gasteiger partial charge < -0.3 is 9.32 Å². The van der Waals surface area contributed by atoms with Crippen LogP contribution >= 0.6 is 0 Å². The SMILES string of the molecule is CC1(C)c2ccccc2N(c2ccc(-c3ccc4c(=O)c5c(oc4c3)CCCC5)cc2)c2ccccc21. The third-order valence-corrected chi connectivity index (χ3v) is 8.25. The minimum Gasteiger partial charge on any atom is -0.461 e. The number of hydrogen-bond donors (Lipinski definition) is 0. The number of aryl methyl sites for hydroxylation is 1. The van der Waals surface area contributed by atoms with E-state index in [1.54, 1.807) is 0 Å². The minimum absolute atomic E-state index is 0.0716. The molecular weight excluding hydrogens is 454 g/mol. The van der Waals surface area contributed by atoms with E-state index in [2.05, 4.69) is 91.5 Å². The van der Waals surface area contributed by atoms with Gasteiger partial charge in [-0.25, -0.2) is 0 Å². The van der Waals surface area contributed by atoms with Gasteiger partial charge in [-0.1, -0.05) is 68.4 Å². The molecule has 0 atom stereocenters. The van der Waals surface area contributed by atoms with Crippen LogP contribution in [0.4, 0.5) is 17.1 Å². The van der Waals surface area contributed by atoms with Gasteiger partial charge in [0.1, 0.15) is 11.3 Å². The Morgan fingerprint density at radius 2 is 1.35 bits per heavy atom. The highest BCUT2D eigenvalue weighted by Crippen LogP contribution is 2.51. The number of nitrogens with zero attached hydrogens (tertiary/aromatic N) is 1. The Morgan fingerprint density at radius 1 is 0.730 bits per heavy atom. The summed E-state index contributed by atoms with van der Waals surface area (Å²) < 4.78 is 6.24. The zero-order valence-electron chi connectivity index (χ0n) is 21.3. The van der Waals surface area contributed by atoms with Crippen molar-refractivity contribution in [3.8, 4) is 11.1 Å². The highest BCUT2D eigenvalue weighted by Gasteiger charge is 2.36. The average molecular weight is 484 g/mol. The number of hydrogen-bond acceptors (Lipinski definition) is 3. The zero-order valence-corrected chi connectivity index (χ0v) is 21.3. The fourth-order valence-corrected chi connectivity index (χ4v) is 6.25. The summed E-state index contributed by atoms with van der Waals surface area (Å²) in [5.41, 5.74) is 10.0. The van der Waals surface area contributed by atoms with E-state index < -0.39 is 0 Å². The number of rotatable bonds is 2. The fraction of sp³-hybridized carbons (Fsp3) is 0.206. The molecule has 37 heavy (non-hydrogen) atoms. The summed E-state index contributed by atoms with van der Waals surface area (Å²) in [6.07, 6.45) is 3.84. The van der Waals surface area contributed by atoms with Crippen molar-refractivity contribution >= 4 is 28.0 Å². The summed E-state index contributed by atoms with van der Waals surface area (Å²) in [4.78, 5) is 15.4. The highest BCUT2D eigenvalue weighted by molar-refractivity contribution is 5.87. The molecule has 4 aromatic carbocycles. The van der Waals surface area contributed by atoms with Crippen LogP contribution in [-0.4, -0.2) is 0 Å². The fourth-order valence-electron chi connectivity index (χ4n) is 6.25. The summed E-state index contributed by atoms with van der Waals surface area (Å²) in [6, 6.07) is 32.1. The molecule has 2 aliphatic rings. The van der Waals surface area contributed by atoms with Gasteiger partial charge in [-0.3, -0.25) is 4.79 Å². The van der Waals surface area contributed by atoms with Crippen LogP contribution in [0.15, 0.2) is 100 Å². The Balaban J connectivity index is 1.31. The van der Waals surface area contributed by atoms with E-state index in [9.17, 15) is 4.79 Å². The largest absolute Gasteiger partial charge is 0.461 e. The summed E-state index contributed by atoms with van der Waals surface area (Å²) >= 11 is 0. The summed E-state index contributed by atoms with van der Waals surface area (Å²) in [5, 5.41) is 0.685. The van der Waals surface area contributed by atoms with Crippen LogP contribution in [-0.2, 0) is 18.3 Å². The Hall–Kier alpha value is -4.11. The summed E-state index contributed by atoms with van der Waals surface area (Å²) in [5.74, 6) is 0.876. The van der Waals surface area contributed by atoms with Gasteiger partial charge in [0.25, 0.3) is 0 Å². The van der Waals surface area contributed by atoms with Gasteiger partial charge in [-0.15, -0.1) is 0 Å². The number of anilines is 3. The molecule has 0 N–H and O–H groups in total. The van der Waals surface area contributed by atoms with Crippen molar-refractivity contribution in [3.05, 3.63) is 124 Å². The van der Waals surface area contributed by atoms with E-state index in [-0.39, 0.29) is 10.8 Å². The summed E-state index contributed by atoms with van der Waals surface area (Å²) in [6.45, 7) is 4.61. The Kier molecular flexibility index (Phi) is 4.91. The molecule has 5 aromatic rings. The molecule has 0 bridgehead atoms. The van der Waals surface area contributed by atoms with Gasteiger partial charge in [0.2, 0.25) is 0 Å². The molecule has 0 amide bonds. The van der Waals surface area contributed by atoms with Crippen LogP contribution in [0.5, 0.6) is 0 Å². The Labute approximate surface area is 217 Å². The first-order valence-corrected chi connectivity index (χ1v) is 13.2. The second kappa shape index (κ2) is 8.21. The standard InChI is InChI=1S/C34H29NO2/c1-34(2)27-10-4-6-12-29(27)35(30-13-7-5-11-28(30)34)24-18-15-22(16-19-24)23-17-20-26-32(21-23)37-31-14-8-3-9-25(31)33(26)36/h4-7,10-13,15-21H,3,8-9,14H2,1-2H3. The van der Waals surface area contributed by atoms with Crippen molar-refractivity contribution in [1.29, 1.82) is 0 Å². The molecule has 0 fully saturated rings.